The molecule has 0 saturated carbocycles. The monoisotopic (exact) mass is 210 g/mol. The molecule has 4 nitrogen and oxygen atoms in total. The van der Waals surface area contributed by atoms with Crippen molar-refractivity contribution in [3.05, 3.63) is 23.7 Å². The van der Waals surface area contributed by atoms with Gasteiger partial charge in [-0.05, 0) is 25.5 Å². The summed E-state index contributed by atoms with van der Waals surface area (Å²) in [6.45, 7) is 4.33. The van der Waals surface area contributed by atoms with Crippen LogP contribution in [-0.4, -0.2) is 18.5 Å². The summed E-state index contributed by atoms with van der Waals surface area (Å²) >= 11 is 0. The van der Waals surface area contributed by atoms with E-state index in [1.807, 2.05) is 6.92 Å². The van der Waals surface area contributed by atoms with Gasteiger partial charge in [-0.3, -0.25) is 4.79 Å². The Morgan fingerprint density at radius 2 is 2.33 bits per heavy atom. The lowest BCUT2D eigenvalue weighted by atomic mass is 10.1. The van der Waals surface area contributed by atoms with Crippen LogP contribution in [-0.2, 0) is 0 Å². The largest absolute Gasteiger partial charge is 0.456 e. The van der Waals surface area contributed by atoms with Crippen LogP contribution >= 0.6 is 0 Å². The lowest BCUT2D eigenvalue weighted by molar-refractivity contribution is 0.0907. The summed E-state index contributed by atoms with van der Waals surface area (Å²) in [4.78, 5) is 11.6. The minimum absolute atomic E-state index is 0.0351. The molecule has 0 radical (unpaired) electrons. The van der Waals surface area contributed by atoms with Crippen molar-refractivity contribution in [2.75, 3.05) is 6.54 Å². The predicted octanol–water partition coefficient (Wildman–Crippen LogP) is 1.45. The number of carbonyl (C=O) groups excluding carboxylic acids is 1. The van der Waals surface area contributed by atoms with E-state index in [9.17, 15) is 4.79 Å². The molecule has 0 aliphatic carbocycles. The maximum atomic E-state index is 11.6. The van der Waals surface area contributed by atoms with E-state index < -0.39 is 0 Å². The van der Waals surface area contributed by atoms with E-state index >= 15 is 0 Å². The maximum absolute atomic E-state index is 11.6. The topological polar surface area (TPSA) is 68.3 Å². The van der Waals surface area contributed by atoms with Crippen LogP contribution in [0.25, 0.3) is 0 Å². The number of nitrogens with two attached hydrogens (primary N) is 1. The second kappa shape index (κ2) is 5.56. The van der Waals surface area contributed by atoms with Gasteiger partial charge in [-0.1, -0.05) is 13.3 Å². The van der Waals surface area contributed by atoms with Gasteiger partial charge in [0.05, 0.1) is 0 Å². The second-order valence-electron chi connectivity index (χ2n) is 3.61. The minimum atomic E-state index is -0.188. The summed E-state index contributed by atoms with van der Waals surface area (Å²) in [5.41, 5.74) is 5.55. The molecule has 3 N–H and O–H groups in total. The van der Waals surface area contributed by atoms with Crippen molar-refractivity contribution in [1.82, 2.24) is 5.32 Å². The molecule has 84 valence electrons. The van der Waals surface area contributed by atoms with Gasteiger partial charge in [0.25, 0.3) is 5.91 Å². The predicted molar refractivity (Wildman–Crippen MR) is 58.7 cm³/mol. The molecule has 0 fully saturated rings. The smallest absolute Gasteiger partial charge is 0.287 e. The van der Waals surface area contributed by atoms with Crippen molar-refractivity contribution in [3.63, 3.8) is 0 Å². The fraction of sp³-hybridized carbons (Fsp3) is 0.545. The Morgan fingerprint density at radius 1 is 1.60 bits per heavy atom. The zero-order valence-electron chi connectivity index (χ0n) is 9.25. The molecule has 0 spiro atoms. The summed E-state index contributed by atoms with van der Waals surface area (Å²) in [6.07, 6.45) is 1.89. The van der Waals surface area contributed by atoms with Gasteiger partial charge in [0.2, 0.25) is 0 Å². The van der Waals surface area contributed by atoms with Crippen LogP contribution < -0.4 is 11.1 Å². The van der Waals surface area contributed by atoms with E-state index in [4.69, 9.17) is 10.2 Å². The van der Waals surface area contributed by atoms with Gasteiger partial charge in [-0.2, -0.15) is 0 Å². The van der Waals surface area contributed by atoms with Crippen molar-refractivity contribution in [3.8, 4) is 0 Å². The first kappa shape index (κ1) is 11.8. The quantitative estimate of drug-likeness (QED) is 0.772. The molecular weight excluding hydrogens is 192 g/mol. The van der Waals surface area contributed by atoms with Gasteiger partial charge in [0.1, 0.15) is 5.76 Å². The summed E-state index contributed by atoms with van der Waals surface area (Å²) < 4.78 is 5.22. The molecule has 1 amide bonds. The summed E-state index contributed by atoms with van der Waals surface area (Å²) in [5.74, 6) is 0.897. The number of carbonyl (C=O) groups is 1. The average Bonchev–Trinajstić information content (AvgIpc) is 2.64. The Labute approximate surface area is 89.8 Å². The van der Waals surface area contributed by atoms with E-state index in [0.717, 1.165) is 18.6 Å². The normalized spacial score (nSPS) is 12.5. The molecule has 1 rings (SSSR count). The molecule has 1 unspecified atom stereocenters. The standard InChI is InChI=1S/C11H18N2O2/c1-3-4-9(7-12)13-11(14)10-6-5-8(2)15-10/h5-6,9H,3-4,7,12H2,1-2H3,(H,13,14). The van der Waals surface area contributed by atoms with E-state index in [0.29, 0.717) is 12.3 Å². The Bertz CT molecular complexity index is 320. The minimum Gasteiger partial charge on any atom is -0.456 e. The zero-order valence-corrected chi connectivity index (χ0v) is 9.25. The van der Waals surface area contributed by atoms with Crippen molar-refractivity contribution >= 4 is 5.91 Å². The van der Waals surface area contributed by atoms with Crippen molar-refractivity contribution in [1.29, 1.82) is 0 Å². The van der Waals surface area contributed by atoms with Gasteiger partial charge in [-0.15, -0.1) is 0 Å². The first-order chi connectivity index (χ1) is 7.17. The Morgan fingerprint density at radius 3 is 2.80 bits per heavy atom. The molecule has 1 heterocycles. The third kappa shape index (κ3) is 3.40. The van der Waals surface area contributed by atoms with Gasteiger partial charge < -0.3 is 15.5 Å². The first-order valence-electron chi connectivity index (χ1n) is 5.24. The molecule has 1 aromatic rings. The highest BCUT2D eigenvalue weighted by molar-refractivity contribution is 5.91. The fourth-order valence-electron chi connectivity index (χ4n) is 1.41. The van der Waals surface area contributed by atoms with Gasteiger partial charge in [-0.25, -0.2) is 0 Å². The van der Waals surface area contributed by atoms with Crippen molar-refractivity contribution in [2.24, 2.45) is 5.73 Å². The number of furan rings is 1. The van der Waals surface area contributed by atoms with Crippen LogP contribution in [0.3, 0.4) is 0 Å². The van der Waals surface area contributed by atoms with Crippen LogP contribution in [0.1, 0.15) is 36.1 Å². The number of nitrogens with one attached hydrogen (secondary N) is 1. The third-order valence-electron chi connectivity index (χ3n) is 2.22. The van der Waals surface area contributed by atoms with Crippen LogP contribution in [0.2, 0.25) is 0 Å². The van der Waals surface area contributed by atoms with Crippen molar-refractivity contribution in [2.45, 2.75) is 32.7 Å². The highest BCUT2D eigenvalue weighted by atomic mass is 16.3. The van der Waals surface area contributed by atoms with Crippen molar-refractivity contribution < 1.29 is 9.21 Å². The fourth-order valence-corrected chi connectivity index (χ4v) is 1.41. The van der Waals surface area contributed by atoms with Crippen LogP contribution in [0, 0.1) is 6.92 Å². The highest BCUT2D eigenvalue weighted by Gasteiger charge is 2.14. The molecule has 15 heavy (non-hydrogen) atoms. The average molecular weight is 210 g/mol. The lowest BCUT2D eigenvalue weighted by Gasteiger charge is -2.14. The third-order valence-corrected chi connectivity index (χ3v) is 2.22. The second-order valence-corrected chi connectivity index (χ2v) is 3.61. The van der Waals surface area contributed by atoms with E-state index in [2.05, 4.69) is 12.2 Å². The van der Waals surface area contributed by atoms with E-state index in [1.165, 1.54) is 0 Å². The maximum Gasteiger partial charge on any atom is 0.287 e. The molecule has 0 aliphatic heterocycles. The number of hydrogen-bond donors (Lipinski definition) is 2. The van der Waals surface area contributed by atoms with E-state index in [-0.39, 0.29) is 11.9 Å². The number of aryl methyl sites for hydroxylation is 1. The summed E-state index contributed by atoms with van der Waals surface area (Å²) in [5, 5.41) is 2.84. The first-order valence-corrected chi connectivity index (χ1v) is 5.24. The van der Waals surface area contributed by atoms with Crippen LogP contribution in [0.5, 0.6) is 0 Å². The van der Waals surface area contributed by atoms with Crippen LogP contribution in [0.4, 0.5) is 0 Å². The van der Waals surface area contributed by atoms with Crippen LogP contribution in [0.15, 0.2) is 16.5 Å². The molecule has 1 atom stereocenters. The Kier molecular flexibility index (Phi) is 4.37. The molecule has 0 bridgehead atoms. The molecule has 1 aromatic heterocycles. The van der Waals surface area contributed by atoms with E-state index in [1.54, 1.807) is 12.1 Å². The van der Waals surface area contributed by atoms with Gasteiger partial charge >= 0.3 is 0 Å². The SMILES string of the molecule is CCCC(CN)NC(=O)c1ccc(C)o1. The summed E-state index contributed by atoms with van der Waals surface area (Å²) in [6, 6.07) is 3.48. The number of amides is 1. The zero-order chi connectivity index (χ0) is 11.3. The molecule has 4 heteroatoms. The summed E-state index contributed by atoms with van der Waals surface area (Å²) in [7, 11) is 0. The van der Waals surface area contributed by atoms with Gasteiger partial charge in [0.15, 0.2) is 5.76 Å². The highest BCUT2D eigenvalue weighted by Crippen LogP contribution is 2.06. The molecular formula is C11H18N2O2. The Hall–Kier alpha value is -1.29. The molecule has 0 aromatic carbocycles. The molecule has 0 aliphatic rings. The Balaban J connectivity index is 2.54. The number of rotatable bonds is 5. The molecule has 0 saturated heterocycles. The number of hydrogen-bond acceptors (Lipinski definition) is 3. The lowest BCUT2D eigenvalue weighted by Crippen LogP contribution is -2.39. The van der Waals surface area contributed by atoms with Gasteiger partial charge in [0, 0.05) is 12.6 Å².